The molecule has 0 saturated heterocycles. The van der Waals surface area contributed by atoms with E-state index in [1.165, 1.54) is 24.3 Å². The first-order valence-corrected chi connectivity index (χ1v) is 5.21. The summed E-state index contributed by atoms with van der Waals surface area (Å²) in [5, 5.41) is 21.2. The van der Waals surface area contributed by atoms with Crippen LogP contribution in [0.5, 0.6) is 0 Å². The van der Waals surface area contributed by atoms with Crippen molar-refractivity contribution in [2.75, 3.05) is 0 Å². The van der Waals surface area contributed by atoms with Crippen LogP contribution in [0.2, 0.25) is 0 Å². The van der Waals surface area contributed by atoms with Gasteiger partial charge in [-0.1, -0.05) is 48.5 Å². The Balaban J connectivity index is 0.00000180. The number of carbonyl (C=O) groups excluding carboxylic acids is 2. The molecule has 0 aliphatic heterocycles. The molecule has 0 N–H and O–H groups in total. The summed E-state index contributed by atoms with van der Waals surface area (Å²) in [7, 11) is 0. The number of carbonyl (C=O) groups is 2. The molecule has 0 saturated carbocycles. The minimum absolute atomic E-state index is 0. The maximum Gasteiger partial charge on any atom is 2.00 e. The van der Waals surface area contributed by atoms with Gasteiger partial charge in [0.05, 0.1) is 11.9 Å². The van der Waals surface area contributed by atoms with Gasteiger partial charge in [0, 0.05) is 0 Å². The summed E-state index contributed by atoms with van der Waals surface area (Å²) in [4.78, 5) is 21.2. The van der Waals surface area contributed by atoms with E-state index in [9.17, 15) is 19.8 Å². The minimum Gasteiger partial charge on any atom is -0.545 e. The Morgan fingerprint density at radius 2 is 0.895 bits per heavy atom. The number of hydrogen-bond acceptors (Lipinski definition) is 4. The van der Waals surface area contributed by atoms with Gasteiger partial charge in [0.15, 0.2) is 0 Å². The molecule has 2 aromatic rings. The quantitative estimate of drug-likeness (QED) is 0.723. The molecule has 0 atom stereocenters. The van der Waals surface area contributed by atoms with Crippen LogP contribution in [-0.4, -0.2) is 49.7 Å². The summed E-state index contributed by atoms with van der Waals surface area (Å²) in [5.41, 5.74) is 1.80. The topological polar surface area (TPSA) is 80.3 Å². The second-order valence-electron chi connectivity index (χ2n) is 3.73. The van der Waals surface area contributed by atoms with E-state index in [0.717, 1.165) is 11.1 Å². The molecule has 4 nitrogen and oxygen atoms in total. The molecule has 0 spiro atoms. The predicted molar refractivity (Wildman–Crippen MR) is 66.3 cm³/mol. The summed E-state index contributed by atoms with van der Waals surface area (Å²) in [6, 6.07) is 12.3. The zero-order valence-electron chi connectivity index (χ0n) is 9.96. The van der Waals surface area contributed by atoms with E-state index < -0.39 is 11.9 Å². The van der Waals surface area contributed by atoms with Crippen molar-refractivity contribution in [1.82, 2.24) is 0 Å². The molecule has 0 aromatic heterocycles. The van der Waals surface area contributed by atoms with Crippen molar-refractivity contribution in [2.45, 2.75) is 0 Å². The van der Waals surface area contributed by atoms with Crippen LogP contribution in [0.1, 0.15) is 20.7 Å². The SMILES string of the molecule is O=C([O-])c1ccc(-c2ccc(C(=O)[O-])cc2)cc1.[Ca+2]. The first-order chi connectivity index (χ1) is 8.58. The second kappa shape index (κ2) is 6.70. The van der Waals surface area contributed by atoms with Gasteiger partial charge >= 0.3 is 37.7 Å². The van der Waals surface area contributed by atoms with E-state index in [1.807, 2.05) is 0 Å². The van der Waals surface area contributed by atoms with Crippen molar-refractivity contribution in [3.63, 3.8) is 0 Å². The van der Waals surface area contributed by atoms with Crippen molar-refractivity contribution in [3.8, 4) is 11.1 Å². The standard InChI is InChI=1S/C14H10O4.Ca/c15-13(16)11-5-1-9(2-6-11)10-3-7-12(8-4-10)14(17)18;/h1-8H,(H,15,16)(H,17,18);/q;+2/p-2. The molecule has 0 fully saturated rings. The number of carboxylic acid groups (broad SMARTS) is 2. The van der Waals surface area contributed by atoms with E-state index in [2.05, 4.69) is 0 Å². The number of rotatable bonds is 3. The number of hydrogen-bond donors (Lipinski definition) is 0. The third-order valence-corrected chi connectivity index (χ3v) is 2.57. The molecule has 90 valence electrons. The van der Waals surface area contributed by atoms with E-state index >= 15 is 0 Å². The predicted octanol–water partition coefficient (Wildman–Crippen LogP) is -0.300. The Kier molecular flexibility index (Phi) is 5.54. The van der Waals surface area contributed by atoms with Gasteiger partial charge in [-0.05, 0) is 22.3 Å². The fourth-order valence-electron chi connectivity index (χ4n) is 1.60. The number of benzene rings is 2. The molecule has 2 rings (SSSR count). The van der Waals surface area contributed by atoms with Gasteiger partial charge in [-0.2, -0.15) is 0 Å². The van der Waals surface area contributed by atoms with Crippen molar-refractivity contribution in [2.24, 2.45) is 0 Å². The van der Waals surface area contributed by atoms with Gasteiger partial charge < -0.3 is 19.8 Å². The monoisotopic (exact) mass is 280 g/mol. The second-order valence-corrected chi connectivity index (χ2v) is 3.73. The van der Waals surface area contributed by atoms with Gasteiger partial charge in [0.2, 0.25) is 0 Å². The van der Waals surface area contributed by atoms with Gasteiger partial charge in [0.25, 0.3) is 0 Å². The van der Waals surface area contributed by atoms with Crippen molar-refractivity contribution < 1.29 is 19.8 Å². The van der Waals surface area contributed by atoms with Crippen LogP contribution in [0.4, 0.5) is 0 Å². The van der Waals surface area contributed by atoms with Crippen LogP contribution >= 0.6 is 0 Å². The molecule has 2 aromatic carbocycles. The normalized spacial score (nSPS) is 9.47. The molecular weight excluding hydrogens is 272 g/mol. The molecule has 0 aliphatic rings. The van der Waals surface area contributed by atoms with E-state index in [4.69, 9.17) is 0 Å². The fourth-order valence-corrected chi connectivity index (χ4v) is 1.60. The summed E-state index contributed by atoms with van der Waals surface area (Å²) in [6.07, 6.45) is 0. The fraction of sp³-hybridized carbons (Fsp3) is 0. The maximum absolute atomic E-state index is 10.6. The summed E-state index contributed by atoms with van der Waals surface area (Å²) in [5.74, 6) is -2.46. The van der Waals surface area contributed by atoms with Gasteiger partial charge in [-0.25, -0.2) is 0 Å². The summed E-state index contributed by atoms with van der Waals surface area (Å²) >= 11 is 0. The van der Waals surface area contributed by atoms with Crippen LogP contribution in [0.3, 0.4) is 0 Å². The average molecular weight is 280 g/mol. The zero-order chi connectivity index (χ0) is 13.1. The molecule has 0 bridgehead atoms. The smallest absolute Gasteiger partial charge is 0.545 e. The van der Waals surface area contributed by atoms with Crippen LogP contribution < -0.4 is 10.2 Å². The molecule has 5 heteroatoms. The average Bonchev–Trinajstić information content (AvgIpc) is 2.39. The van der Waals surface area contributed by atoms with Crippen molar-refractivity contribution in [1.29, 1.82) is 0 Å². The van der Waals surface area contributed by atoms with E-state index in [-0.39, 0.29) is 48.9 Å². The largest absolute Gasteiger partial charge is 2.00 e. The van der Waals surface area contributed by atoms with Gasteiger partial charge in [0.1, 0.15) is 0 Å². The Morgan fingerprint density at radius 3 is 1.11 bits per heavy atom. The number of aromatic carboxylic acids is 2. The molecule has 0 amide bonds. The van der Waals surface area contributed by atoms with Crippen molar-refractivity contribution in [3.05, 3.63) is 59.7 Å². The first-order valence-electron chi connectivity index (χ1n) is 5.21. The molecule has 19 heavy (non-hydrogen) atoms. The minimum atomic E-state index is -1.23. The Hall–Kier alpha value is -1.36. The number of carboxylic acids is 2. The molecule has 0 unspecified atom stereocenters. The van der Waals surface area contributed by atoms with Gasteiger partial charge in [-0.15, -0.1) is 0 Å². The summed E-state index contributed by atoms with van der Waals surface area (Å²) < 4.78 is 0. The Morgan fingerprint density at radius 1 is 0.632 bits per heavy atom. The molecular formula is C14H8CaO4. The Bertz CT molecular complexity index is 532. The van der Waals surface area contributed by atoms with Crippen LogP contribution in [0.15, 0.2) is 48.5 Å². The first kappa shape index (κ1) is 15.7. The van der Waals surface area contributed by atoms with Crippen LogP contribution in [-0.2, 0) is 0 Å². The van der Waals surface area contributed by atoms with E-state index in [0.29, 0.717) is 0 Å². The van der Waals surface area contributed by atoms with Gasteiger partial charge in [-0.3, -0.25) is 0 Å². The third-order valence-electron chi connectivity index (χ3n) is 2.57. The molecule has 0 aliphatic carbocycles. The van der Waals surface area contributed by atoms with Crippen LogP contribution in [0.25, 0.3) is 11.1 Å². The van der Waals surface area contributed by atoms with Crippen LogP contribution in [0, 0.1) is 0 Å². The van der Waals surface area contributed by atoms with E-state index in [1.54, 1.807) is 24.3 Å². The Labute approximate surface area is 139 Å². The maximum atomic E-state index is 10.6. The molecule has 0 heterocycles. The third kappa shape index (κ3) is 3.80. The zero-order valence-corrected chi connectivity index (χ0v) is 12.2. The van der Waals surface area contributed by atoms with Crippen molar-refractivity contribution >= 4 is 49.7 Å². The molecule has 0 radical (unpaired) electrons. The summed E-state index contributed by atoms with van der Waals surface area (Å²) in [6.45, 7) is 0.